The smallest absolute Gasteiger partial charge is 0.338 e. The monoisotopic (exact) mass is 351 g/mol. The van der Waals surface area contributed by atoms with Crippen molar-refractivity contribution in [2.75, 3.05) is 19.0 Å². The Labute approximate surface area is 150 Å². The molecule has 0 amide bonds. The Balaban J connectivity index is 1.82. The molecule has 3 aromatic rings. The molecule has 7 nitrogen and oxygen atoms in total. The van der Waals surface area contributed by atoms with Gasteiger partial charge >= 0.3 is 5.97 Å². The van der Waals surface area contributed by atoms with Crippen LogP contribution in [0.5, 0.6) is 0 Å². The van der Waals surface area contributed by atoms with Gasteiger partial charge in [0.1, 0.15) is 12.3 Å². The number of ether oxygens (including phenoxy) is 1. The number of para-hydroxylation sites is 1. The molecular formula is C19H17N3O4. The van der Waals surface area contributed by atoms with Gasteiger partial charge in [0.2, 0.25) is 0 Å². The topological polar surface area (TPSA) is 85.6 Å². The molecule has 1 aromatic heterocycles. The van der Waals surface area contributed by atoms with Crippen molar-refractivity contribution < 1.29 is 14.5 Å². The zero-order valence-corrected chi connectivity index (χ0v) is 14.4. The van der Waals surface area contributed by atoms with Crippen molar-refractivity contribution in [3.63, 3.8) is 0 Å². The van der Waals surface area contributed by atoms with Gasteiger partial charge in [-0.3, -0.25) is 15.1 Å². The Hall–Kier alpha value is -3.48. The maximum Gasteiger partial charge on any atom is 0.338 e. The summed E-state index contributed by atoms with van der Waals surface area (Å²) < 4.78 is 5.34. The molecule has 0 saturated carbocycles. The number of rotatable bonds is 5. The lowest BCUT2D eigenvalue weighted by Gasteiger charge is -2.13. The summed E-state index contributed by atoms with van der Waals surface area (Å²) in [6.45, 7) is 0.0381. The Morgan fingerprint density at radius 2 is 1.96 bits per heavy atom. The van der Waals surface area contributed by atoms with E-state index < -0.39 is 10.9 Å². The summed E-state index contributed by atoms with van der Waals surface area (Å²) in [7, 11) is 3.40. The average molecular weight is 351 g/mol. The van der Waals surface area contributed by atoms with Gasteiger partial charge in [0.15, 0.2) is 0 Å². The highest BCUT2D eigenvalue weighted by Gasteiger charge is 2.19. The second-order valence-corrected chi connectivity index (χ2v) is 5.92. The molecule has 0 radical (unpaired) electrons. The van der Waals surface area contributed by atoms with E-state index >= 15 is 0 Å². The highest BCUT2D eigenvalue weighted by Crippen LogP contribution is 2.28. The number of aromatic nitrogens is 1. The van der Waals surface area contributed by atoms with Crippen LogP contribution in [-0.2, 0) is 11.3 Å². The molecule has 0 aliphatic carbocycles. The van der Waals surface area contributed by atoms with Gasteiger partial charge in [-0.05, 0) is 18.2 Å². The van der Waals surface area contributed by atoms with Gasteiger partial charge in [-0.15, -0.1) is 0 Å². The number of benzene rings is 2. The largest absolute Gasteiger partial charge is 0.457 e. The Morgan fingerprint density at radius 1 is 1.19 bits per heavy atom. The van der Waals surface area contributed by atoms with Crippen LogP contribution in [0.25, 0.3) is 10.9 Å². The molecular weight excluding hydrogens is 334 g/mol. The molecule has 0 unspecified atom stereocenters. The maximum absolute atomic E-state index is 12.3. The van der Waals surface area contributed by atoms with Crippen molar-refractivity contribution in [3.8, 4) is 0 Å². The first-order valence-corrected chi connectivity index (χ1v) is 7.93. The van der Waals surface area contributed by atoms with E-state index in [9.17, 15) is 14.9 Å². The van der Waals surface area contributed by atoms with Gasteiger partial charge < -0.3 is 9.64 Å². The molecule has 0 saturated heterocycles. The zero-order valence-electron chi connectivity index (χ0n) is 14.4. The summed E-state index contributed by atoms with van der Waals surface area (Å²) in [5.41, 5.74) is 1.95. The standard InChI is InChI=1S/C19H17N3O4/c1-21(2)16-9-8-14(11-17(16)22(24)25)19(23)26-12-15-6-3-5-13-7-4-10-20-18(13)15/h3-11H,12H2,1-2H3. The van der Waals surface area contributed by atoms with Crippen LogP contribution < -0.4 is 4.90 Å². The highest BCUT2D eigenvalue weighted by molar-refractivity contribution is 5.91. The number of nitrogens with zero attached hydrogens (tertiary/aromatic N) is 3. The van der Waals surface area contributed by atoms with Crippen molar-refractivity contribution >= 4 is 28.2 Å². The van der Waals surface area contributed by atoms with E-state index in [0.717, 1.165) is 16.5 Å². The molecule has 7 heteroatoms. The van der Waals surface area contributed by atoms with Crippen LogP contribution in [0.15, 0.2) is 54.7 Å². The van der Waals surface area contributed by atoms with Gasteiger partial charge in [0.25, 0.3) is 5.69 Å². The molecule has 132 valence electrons. The molecule has 0 fully saturated rings. The lowest BCUT2D eigenvalue weighted by molar-refractivity contribution is -0.384. The van der Waals surface area contributed by atoms with Crippen molar-refractivity contribution in [2.45, 2.75) is 6.61 Å². The normalized spacial score (nSPS) is 10.5. The number of hydrogen-bond donors (Lipinski definition) is 0. The number of hydrogen-bond acceptors (Lipinski definition) is 6. The van der Waals surface area contributed by atoms with Crippen molar-refractivity contribution in [2.24, 2.45) is 0 Å². The third-order valence-electron chi connectivity index (χ3n) is 3.96. The summed E-state index contributed by atoms with van der Waals surface area (Å²) in [6, 6.07) is 13.7. The van der Waals surface area contributed by atoms with Crippen LogP contribution in [0.2, 0.25) is 0 Å². The SMILES string of the molecule is CN(C)c1ccc(C(=O)OCc2cccc3cccnc23)cc1[N+](=O)[O-]. The number of pyridine rings is 1. The minimum Gasteiger partial charge on any atom is -0.457 e. The van der Waals surface area contributed by atoms with E-state index in [1.807, 2.05) is 30.3 Å². The Morgan fingerprint density at radius 3 is 2.69 bits per heavy atom. The van der Waals surface area contributed by atoms with Crippen molar-refractivity contribution in [1.82, 2.24) is 4.98 Å². The first kappa shape index (κ1) is 17.3. The number of esters is 1. The van der Waals surface area contributed by atoms with Gasteiger partial charge in [-0.1, -0.05) is 24.3 Å². The van der Waals surface area contributed by atoms with Crippen LogP contribution in [0.3, 0.4) is 0 Å². The van der Waals surface area contributed by atoms with Crippen LogP contribution in [0.4, 0.5) is 11.4 Å². The minimum atomic E-state index is -0.619. The molecule has 2 aromatic carbocycles. The van der Waals surface area contributed by atoms with E-state index in [1.165, 1.54) is 18.2 Å². The van der Waals surface area contributed by atoms with E-state index in [2.05, 4.69) is 4.98 Å². The van der Waals surface area contributed by atoms with Crippen molar-refractivity contribution in [3.05, 3.63) is 76.0 Å². The van der Waals surface area contributed by atoms with Crippen LogP contribution >= 0.6 is 0 Å². The van der Waals surface area contributed by atoms with Crippen LogP contribution in [0.1, 0.15) is 15.9 Å². The van der Waals surface area contributed by atoms with Crippen LogP contribution in [0, 0.1) is 10.1 Å². The second kappa shape index (κ2) is 7.18. The molecule has 0 spiro atoms. The molecule has 1 heterocycles. The van der Waals surface area contributed by atoms with Crippen LogP contribution in [-0.4, -0.2) is 30.0 Å². The summed E-state index contributed by atoms with van der Waals surface area (Å²) in [6.07, 6.45) is 1.68. The number of fused-ring (bicyclic) bond motifs is 1. The average Bonchev–Trinajstić information content (AvgIpc) is 2.65. The number of carbonyl (C=O) groups excluding carboxylic acids is 1. The summed E-state index contributed by atoms with van der Waals surface area (Å²) in [4.78, 5) is 29.0. The Bertz CT molecular complexity index is 980. The lowest BCUT2D eigenvalue weighted by Crippen LogP contribution is -2.12. The first-order valence-electron chi connectivity index (χ1n) is 7.93. The molecule has 0 aliphatic rings. The second-order valence-electron chi connectivity index (χ2n) is 5.92. The molecule has 26 heavy (non-hydrogen) atoms. The third-order valence-corrected chi connectivity index (χ3v) is 3.96. The zero-order chi connectivity index (χ0) is 18.7. The summed E-state index contributed by atoms with van der Waals surface area (Å²) in [5.74, 6) is -0.619. The summed E-state index contributed by atoms with van der Waals surface area (Å²) >= 11 is 0. The predicted molar refractivity (Wildman–Crippen MR) is 98.3 cm³/mol. The fourth-order valence-corrected chi connectivity index (χ4v) is 2.69. The number of nitro groups is 1. The maximum atomic E-state index is 12.3. The lowest BCUT2D eigenvalue weighted by atomic mass is 10.1. The quantitative estimate of drug-likeness (QED) is 0.397. The third kappa shape index (κ3) is 3.46. The number of carbonyl (C=O) groups is 1. The molecule has 0 bridgehead atoms. The molecule has 0 atom stereocenters. The van der Waals surface area contributed by atoms with E-state index in [0.29, 0.717) is 5.69 Å². The fraction of sp³-hybridized carbons (Fsp3) is 0.158. The minimum absolute atomic E-state index is 0.0381. The first-order chi connectivity index (χ1) is 12.5. The fourth-order valence-electron chi connectivity index (χ4n) is 2.69. The van der Waals surface area contributed by atoms with Crippen molar-refractivity contribution in [1.29, 1.82) is 0 Å². The van der Waals surface area contributed by atoms with E-state index in [4.69, 9.17) is 4.74 Å². The summed E-state index contributed by atoms with van der Waals surface area (Å²) in [5, 5.41) is 12.2. The van der Waals surface area contributed by atoms with E-state index in [-0.39, 0.29) is 17.9 Å². The predicted octanol–water partition coefficient (Wildman–Crippen LogP) is 3.57. The van der Waals surface area contributed by atoms with E-state index in [1.54, 1.807) is 25.2 Å². The molecule has 3 rings (SSSR count). The molecule has 0 N–H and O–H groups in total. The highest BCUT2D eigenvalue weighted by atomic mass is 16.6. The number of anilines is 1. The van der Waals surface area contributed by atoms with Gasteiger partial charge in [0.05, 0.1) is 16.0 Å². The van der Waals surface area contributed by atoms with Gasteiger partial charge in [-0.2, -0.15) is 0 Å². The molecule has 0 aliphatic heterocycles. The van der Waals surface area contributed by atoms with Gasteiger partial charge in [-0.25, -0.2) is 4.79 Å². The Kier molecular flexibility index (Phi) is 4.79. The number of nitro benzene ring substituents is 1. The van der Waals surface area contributed by atoms with Gasteiger partial charge in [0, 0.05) is 37.3 Å².